The molecule has 8 heteroatoms. The highest BCUT2D eigenvalue weighted by atomic mass is 35.5. The Hall–Kier alpha value is -3.71. The van der Waals surface area contributed by atoms with E-state index in [2.05, 4.69) is 15.1 Å². The minimum absolute atomic E-state index is 0.118. The molecule has 0 saturated carbocycles. The van der Waals surface area contributed by atoms with Crippen molar-refractivity contribution >= 4 is 28.3 Å². The van der Waals surface area contributed by atoms with Gasteiger partial charge in [0, 0.05) is 40.0 Å². The maximum Gasteiger partial charge on any atom is 0.219 e. The molecule has 4 aromatic rings. The van der Waals surface area contributed by atoms with Crippen LogP contribution >= 0.6 is 11.6 Å². The molecule has 2 aromatic carbocycles. The van der Waals surface area contributed by atoms with Crippen LogP contribution in [0.1, 0.15) is 11.1 Å². The van der Waals surface area contributed by atoms with E-state index in [1.165, 1.54) is 30.5 Å². The number of amidine groups is 1. The molecular formula is C22H16ClFN4O2. The van der Waals surface area contributed by atoms with E-state index in [0.29, 0.717) is 22.2 Å². The Bertz CT molecular complexity index is 1200. The smallest absolute Gasteiger partial charge is 0.219 e. The summed E-state index contributed by atoms with van der Waals surface area (Å²) in [5.41, 5.74) is 8.02. The lowest BCUT2D eigenvalue weighted by Crippen LogP contribution is -2.14. The fourth-order valence-electron chi connectivity index (χ4n) is 2.75. The molecule has 2 N–H and O–H groups in total. The van der Waals surface area contributed by atoms with E-state index in [0.717, 1.165) is 16.5 Å². The zero-order valence-corrected chi connectivity index (χ0v) is 16.4. The van der Waals surface area contributed by atoms with Crippen LogP contribution in [-0.4, -0.2) is 15.8 Å². The van der Waals surface area contributed by atoms with Gasteiger partial charge < -0.3 is 15.3 Å². The van der Waals surface area contributed by atoms with Gasteiger partial charge in [-0.1, -0.05) is 28.9 Å². The third-order valence-corrected chi connectivity index (χ3v) is 4.62. The van der Waals surface area contributed by atoms with Crippen LogP contribution in [0.5, 0.6) is 11.6 Å². The van der Waals surface area contributed by atoms with E-state index in [9.17, 15) is 4.39 Å². The number of nitrogens with two attached hydrogens (primary N) is 1. The number of hydrogen-bond acceptors (Lipinski definition) is 5. The van der Waals surface area contributed by atoms with Gasteiger partial charge >= 0.3 is 0 Å². The maximum absolute atomic E-state index is 13.0. The number of rotatable bonds is 6. The summed E-state index contributed by atoms with van der Waals surface area (Å²) >= 11 is 6.28. The van der Waals surface area contributed by atoms with E-state index in [1.807, 2.05) is 18.2 Å². The molecular weight excluding hydrogens is 407 g/mol. The molecule has 6 nitrogen and oxygen atoms in total. The fraction of sp³-hybridized carbons (Fsp3) is 0.0455. The fourth-order valence-corrected chi connectivity index (χ4v) is 2.96. The summed E-state index contributed by atoms with van der Waals surface area (Å²) < 4.78 is 18.5. The van der Waals surface area contributed by atoms with Crippen LogP contribution in [-0.2, 0) is 11.4 Å². The number of nitrogens with zero attached hydrogens (tertiary/aromatic N) is 3. The third kappa shape index (κ3) is 4.47. The molecule has 0 aliphatic heterocycles. The van der Waals surface area contributed by atoms with Crippen LogP contribution in [0.4, 0.5) is 4.39 Å². The molecule has 0 radical (unpaired) electrons. The first-order valence-electron chi connectivity index (χ1n) is 8.97. The molecule has 4 rings (SSSR count). The van der Waals surface area contributed by atoms with E-state index in [1.54, 1.807) is 24.4 Å². The van der Waals surface area contributed by atoms with Gasteiger partial charge in [-0.25, -0.2) is 9.37 Å². The molecule has 30 heavy (non-hydrogen) atoms. The summed E-state index contributed by atoms with van der Waals surface area (Å²) in [7, 11) is 0. The Labute approximate surface area is 176 Å². The van der Waals surface area contributed by atoms with Gasteiger partial charge in [0.25, 0.3) is 0 Å². The normalized spacial score (nSPS) is 11.5. The highest BCUT2D eigenvalue weighted by Gasteiger charge is 2.09. The number of ether oxygens (including phenoxy) is 1. The molecule has 150 valence electrons. The largest absolute Gasteiger partial charge is 0.439 e. The summed E-state index contributed by atoms with van der Waals surface area (Å²) in [6, 6.07) is 16.5. The van der Waals surface area contributed by atoms with Crippen molar-refractivity contribution in [1.29, 1.82) is 0 Å². The standard InChI is InChI=1S/C22H16ClFN4O2/c23-19-9-3-14-2-1-11-26-21(14)18(19)13-29-28-22(25)15-4-10-20(27-12-15)30-17-7-5-16(24)6-8-17/h1-12H,13H2,(H2,25,28). The van der Waals surface area contributed by atoms with Crippen molar-refractivity contribution in [3.63, 3.8) is 0 Å². The van der Waals surface area contributed by atoms with Gasteiger partial charge in [-0.2, -0.15) is 0 Å². The molecule has 0 unspecified atom stereocenters. The highest BCUT2D eigenvalue weighted by molar-refractivity contribution is 6.32. The van der Waals surface area contributed by atoms with Crippen molar-refractivity contribution in [2.45, 2.75) is 6.61 Å². The number of oxime groups is 1. The first-order valence-corrected chi connectivity index (χ1v) is 9.35. The van der Waals surface area contributed by atoms with Gasteiger partial charge in [0.15, 0.2) is 5.84 Å². The van der Waals surface area contributed by atoms with Gasteiger partial charge in [0.1, 0.15) is 18.2 Å². The Morgan fingerprint density at radius 2 is 1.87 bits per heavy atom. The van der Waals surface area contributed by atoms with Crippen molar-refractivity contribution in [3.8, 4) is 11.6 Å². The maximum atomic E-state index is 13.0. The molecule has 0 fully saturated rings. The van der Waals surface area contributed by atoms with Gasteiger partial charge in [-0.3, -0.25) is 4.98 Å². The Morgan fingerprint density at radius 1 is 1.03 bits per heavy atom. The summed E-state index contributed by atoms with van der Waals surface area (Å²) in [6.45, 7) is 0.118. The number of pyridine rings is 2. The van der Waals surface area contributed by atoms with E-state index in [-0.39, 0.29) is 18.3 Å². The first-order chi connectivity index (χ1) is 14.6. The number of fused-ring (bicyclic) bond motifs is 1. The van der Waals surface area contributed by atoms with Crippen LogP contribution < -0.4 is 10.5 Å². The molecule has 0 saturated heterocycles. The lowest BCUT2D eigenvalue weighted by Gasteiger charge is -2.08. The third-order valence-electron chi connectivity index (χ3n) is 4.26. The molecule has 0 atom stereocenters. The van der Waals surface area contributed by atoms with Gasteiger partial charge in [0.05, 0.1) is 5.52 Å². The minimum Gasteiger partial charge on any atom is -0.439 e. The number of halogens is 2. The van der Waals surface area contributed by atoms with Gasteiger partial charge in [0.2, 0.25) is 5.88 Å². The molecule has 2 heterocycles. The molecule has 0 bridgehead atoms. The summed E-state index contributed by atoms with van der Waals surface area (Å²) in [5, 5.41) is 5.44. The Kier molecular flexibility index (Phi) is 5.72. The molecule has 0 aliphatic carbocycles. The number of benzene rings is 2. The van der Waals surface area contributed by atoms with Crippen molar-refractivity contribution in [3.05, 3.63) is 95.0 Å². The monoisotopic (exact) mass is 422 g/mol. The molecule has 0 aliphatic rings. The summed E-state index contributed by atoms with van der Waals surface area (Å²) in [4.78, 5) is 13.9. The van der Waals surface area contributed by atoms with Crippen molar-refractivity contribution in [2.75, 3.05) is 0 Å². The predicted molar refractivity (Wildman–Crippen MR) is 113 cm³/mol. The Morgan fingerprint density at radius 3 is 2.63 bits per heavy atom. The lowest BCUT2D eigenvalue weighted by atomic mass is 10.1. The second-order valence-corrected chi connectivity index (χ2v) is 6.70. The van der Waals surface area contributed by atoms with Crippen LogP contribution in [0, 0.1) is 5.82 Å². The number of hydrogen-bond donors (Lipinski definition) is 1. The van der Waals surface area contributed by atoms with Gasteiger partial charge in [-0.05, 0) is 42.5 Å². The zero-order valence-electron chi connectivity index (χ0n) is 15.6. The average Bonchev–Trinajstić information content (AvgIpc) is 2.77. The van der Waals surface area contributed by atoms with Crippen molar-refractivity contribution < 1.29 is 14.0 Å². The van der Waals surface area contributed by atoms with E-state index in [4.69, 9.17) is 26.9 Å². The molecule has 0 amide bonds. The second kappa shape index (κ2) is 8.75. The van der Waals surface area contributed by atoms with Gasteiger partial charge in [-0.15, -0.1) is 0 Å². The molecule has 2 aromatic heterocycles. The highest BCUT2D eigenvalue weighted by Crippen LogP contribution is 2.25. The first kappa shape index (κ1) is 19.6. The van der Waals surface area contributed by atoms with E-state index < -0.39 is 0 Å². The van der Waals surface area contributed by atoms with Crippen LogP contribution in [0.25, 0.3) is 10.9 Å². The van der Waals surface area contributed by atoms with Crippen molar-refractivity contribution in [1.82, 2.24) is 9.97 Å². The predicted octanol–water partition coefficient (Wildman–Crippen LogP) is 5.05. The minimum atomic E-state index is -0.338. The number of aromatic nitrogens is 2. The SMILES string of the molecule is N/C(=N/OCc1c(Cl)ccc2cccnc12)c1ccc(Oc2ccc(F)cc2)nc1. The van der Waals surface area contributed by atoms with Crippen LogP contribution in [0.2, 0.25) is 5.02 Å². The zero-order chi connectivity index (χ0) is 20.9. The topological polar surface area (TPSA) is 82.6 Å². The average molecular weight is 423 g/mol. The van der Waals surface area contributed by atoms with Crippen LogP contribution in [0.15, 0.2) is 78.2 Å². The summed E-state index contributed by atoms with van der Waals surface area (Å²) in [5.74, 6) is 0.630. The quantitative estimate of drug-likeness (QED) is 0.267. The van der Waals surface area contributed by atoms with Crippen LogP contribution in [0.3, 0.4) is 0 Å². The lowest BCUT2D eigenvalue weighted by molar-refractivity contribution is 0.131. The summed E-state index contributed by atoms with van der Waals surface area (Å²) in [6.07, 6.45) is 3.20. The molecule has 0 spiro atoms. The second-order valence-electron chi connectivity index (χ2n) is 6.29. The Balaban J connectivity index is 1.43. The van der Waals surface area contributed by atoms with E-state index >= 15 is 0 Å². The van der Waals surface area contributed by atoms with Crippen molar-refractivity contribution in [2.24, 2.45) is 10.9 Å².